The molecule has 1 unspecified atom stereocenters. The maximum absolute atomic E-state index is 13.4. The van der Waals surface area contributed by atoms with Gasteiger partial charge >= 0.3 is 6.18 Å². The van der Waals surface area contributed by atoms with Crippen LogP contribution in [0, 0.1) is 6.92 Å². The van der Waals surface area contributed by atoms with E-state index in [0.717, 1.165) is 28.7 Å². The van der Waals surface area contributed by atoms with Gasteiger partial charge < -0.3 is 5.11 Å². The van der Waals surface area contributed by atoms with Crippen LogP contribution in [0.3, 0.4) is 0 Å². The summed E-state index contributed by atoms with van der Waals surface area (Å²) in [6.07, 6.45) is -4.65. The number of anilines is 1. The average Bonchev–Trinajstić information content (AvgIpc) is 3.05. The minimum atomic E-state index is -4.65. The molecule has 1 amide bonds. The minimum absolute atomic E-state index is 0.116. The summed E-state index contributed by atoms with van der Waals surface area (Å²) in [5, 5.41) is 11.4. The van der Waals surface area contributed by atoms with E-state index in [1.165, 1.54) is 24.3 Å². The molecule has 1 saturated heterocycles. The van der Waals surface area contributed by atoms with E-state index in [0.29, 0.717) is 5.56 Å². The number of aryl methyl sites for hydroxylation is 1. The number of ketones is 1. The second-order valence-electron chi connectivity index (χ2n) is 7.76. The van der Waals surface area contributed by atoms with Gasteiger partial charge in [0.1, 0.15) is 5.76 Å². The maximum Gasteiger partial charge on any atom is 0.416 e. The molecule has 1 atom stereocenters. The molecule has 1 aliphatic heterocycles. The molecule has 0 bridgehead atoms. The van der Waals surface area contributed by atoms with Crippen molar-refractivity contribution in [1.29, 1.82) is 0 Å². The first-order valence-corrected chi connectivity index (χ1v) is 10.7. The van der Waals surface area contributed by atoms with Crippen molar-refractivity contribution >= 4 is 46.3 Å². The number of carbonyl (C=O) groups is 2. The molecule has 0 aliphatic carbocycles. The largest absolute Gasteiger partial charge is 0.507 e. The number of halogens is 5. The average molecular weight is 506 g/mol. The van der Waals surface area contributed by atoms with Gasteiger partial charge in [-0.1, -0.05) is 59.1 Å². The molecular weight excluding hydrogens is 490 g/mol. The fraction of sp³-hybridized carbons (Fsp3) is 0.120. The lowest BCUT2D eigenvalue weighted by Crippen LogP contribution is -2.29. The number of aliphatic hydroxyl groups excluding tert-OH is 1. The van der Waals surface area contributed by atoms with Crippen LogP contribution in [0.1, 0.15) is 28.3 Å². The third-order valence-corrected chi connectivity index (χ3v) is 6.19. The fourth-order valence-corrected chi connectivity index (χ4v) is 4.18. The smallest absolute Gasteiger partial charge is 0.416 e. The Bertz CT molecular complexity index is 1350. The highest BCUT2D eigenvalue weighted by Gasteiger charge is 2.47. The summed E-state index contributed by atoms with van der Waals surface area (Å²) in [6, 6.07) is 14.0. The fourth-order valence-electron chi connectivity index (χ4n) is 3.89. The van der Waals surface area contributed by atoms with Crippen molar-refractivity contribution in [1.82, 2.24) is 0 Å². The summed E-state index contributed by atoms with van der Waals surface area (Å²) in [7, 11) is 0. The second kappa shape index (κ2) is 8.81. The molecule has 34 heavy (non-hydrogen) atoms. The lowest BCUT2D eigenvalue weighted by Gasteiger charge is -2.26. The second-order valence-corrected chi connectivity index (χ2v) is 8.57. The molecule has 9 heteroatoms. The van der Waals surface area contributed by atoms with Crippen LogP contribution in [0.25, 0.3) is 5.76 Å². The van der Waals surface area contributed by atoms with Crippen LogP contribution in [0.2, 0.25) is 10.0 Å². The van der Waals surface area contributed by atoms with E-state index in [1.807, 2.05) is 0 Å². The molecule has 0 saturated carbocycles. The van der Waals surface area contributed by atoms with Crippen molar-refractivity contribution in [2.45, 2.75) is 19.1 Å². The van der Waals surface area contributed by atoms with Gasteiger partial charge in [0.25, 0.3) is 11.7 Å². The minimum Gasteiger partial charge on any atom is -0.507 e. The third kappa shape index (κ3) is 4.29. The normalized spacial score (nSPS) is 17.9. The molecule has 3 aromatic carbocycles. The van der Waals surface area contributed by atoms with E-state index in [2.05, 4.69) is 0 Å². The zero-order valence-electron chi connectivity index (χ0n) is 17.5. The highest BCUT2D eigenvalue weighted by Crippen LogP contribution is 2.44. The van der Waals surface area contributed by atoms with Gasteiger partial charge in [-0.05, 0) is 48.9 Å². The van der Waals surface area contributed by atoms with Gasteiger partial charge in [0.05, 0.1) is 27.2 Å². The molecule has 4 nitrogen and oxygen atoms in total. The van der Waals surface area contributed by atoms with Crippen molar-refractivity contribution in [3.05, 3.63) is 105 Å². The van der Waals surface area contributed by atoms with E-state index in [-0.39, 0.29) is 26.9 Å². The lowest BCUT2D eigenvalue weighted by atomic mass is 9.94. The number of aliphatic hydroxyl groups is 1. The number of alkyl halides is 3. The van der Waals surface area contributed by atoms with Gasteiger partial charge in [-0.25, -0.2) is 0 Å². The van der Waals surface area contributed by atoms with E-state index in [9.17, 15) is 27.9 Å². The predicted octanol–water partition coefficient (Wildman–Crippen LogP) is 6.95. The molecule has 1 heterocycles. The first-order chi connectivity index (χ1) is 16.0. The molecule has 3 aromatic rings. The third-order valence-electron chi connectivity index (χ3n) is 5.45. The number of rotatable bonds is 3. The number of hydrogen-bond acceptors (Lipinski definition) is 3. The SMILES string of the molecule is Cc1cccc(C2/C(=C(\O)c3ccc(Cl)c(Cl)c3)C(=O)C(=O)N2c2cccc(C(F)(F)F)c2)c1. The number of nitrogens with zero attached hydrogens (tertiary/aromatic N) is 1. The van der Waals surface area contributed by atoms with E-state index < -0.39 is 35.2 Å². The molecule has 174 valence electrons. The van der Waals surface area contributed by atoms with Gasteiger partial charge in [0, 0.05) is 11.3 Å². The summed E-state index contributed by atoms with van der Waals surface area (Å²) in [4.78, 5) is 27.2. The lowest BCUT2D eigenvalue weighted by molar-refractivity contribution is -0.137. The standard InChI is InChI=1S/C25H16Cl2F3NO3/c1-13-4-2-5-14(10-13)21-20(22(32)15-8-9-18(26)19(27)11-15)23(33)24(34)31(21)17-7-3-6-16(12-17)25(28,29)30/h2-12,21,32H,1H3/b22-20+. The zero-order chi connectivity index (χ0) is 24.8. The van der Waals surface area contributed by atoms with Crippen molar-refractivity contribution in [2.75, 3.05) is 4.90 Å². The summed E-state index contributed by atoms with van der Waals surface area (Å²) in [5.74, 6) is -2.61. The van der Waals surface area contributed by atoms with Crippen LogP contribution in [-0.2, 0) is 15.8 Å². The van der Waals surface area contributed by atoms with Crippen LogP contribution < -0.4 is 4.90 Å². The van der Waals surface area contributed by atoms with Gasteiger partial charge in [-0.15, -0.1) is 0 Å². The van der Waals surface area contributed by atoms with Crippen molar-refractivity contribution in [3.8, 4) is 0 Å². The number of amides is 1. The summed E-state index contributed by atoms with van der Waals surface area (Å²) in [5.41, 5.74) is -0.00335. The highest BCUT2D eigenvalue weighted by atomic mass is 35.5. The molecule has 1 N–H and O–H groups in total. The molecule has 1 fully saturated rings. The Morgan fingerprint density at radius 1 is 0.941 bits per heavy atom. The molecule has 0 radical (unpaired) electrons. The Hall–Kier alpha value is -3.29. The van der Waals surface area contributed by atoms with Gasteiger partial charge in [0.15, 0.2) is 0 Å². The molecule has 4 rings (SSSR count). The molecule has 1 aliphatic rings. The van der Waals surface area contributed by atoms with Crippen LogP contribution >= 0.6 is 23.2 Å². The quantitative estimate of drug-likeness (QED) is 0.238. The Morgan fingerprint density at radius 3 is 2.29 bits per heavy atom. The summed E-state index contributed by atoms with van der Waals surface area (Å²) in [6.45, 7) is 1.79. The molecule has 0 spiro atoms. The van der Waals surface area contributed by atoms with Crippen LogP contribution in [0.4, 0.5) is 18.9 Å². The number of benzene rings is 3. The Kier molecular flexibility index (Phi) is 6.18. The van der Waals surface area contributed by atoms with Gasteiger partial charge in [-0.3, -0.25) is 14.5 Å². The van der Waals surface area contributed by atoms with Crippen LogP contribution in [0.5, 0.6) is 0 Å². The van der Waals surface area contributed by atoms with Crippen molar-refractivity contribution in [2.24, 2.45) is 0 Å². The number of hydrogen-bond donors (Lipinski definition) is 1. The first-order valence-electron chi connectivity index (χ1n) is 9.99. The summed E-state index contributed by atoms with van der Waals surface area (Å²) >= 11 is 12.0. The summed E-state index contributed by atoms with van der Waals surface area (Å²) < 4.78 is 40.1. The van der Waals surface area contributed by atoms with Crippen molar-refractivity contribution in [3.63, 3.8) is 0 Å². The molecular formula is C25H16Cl2F3NO3. The molecule has 0 aromatic heterocycles. The zero-order valence-corrected chi connectivity index (χ0v) is 19.0. The predicted molar refractivity (Wildman–Crippen MR) is 124 cm³/mol. The van der Waals surface area contributed by atoms with Crippen LogP contribution in [0.15, 0.2) is 72.3 Å². The maximum atomic E-state index is 13.4. The van der Waals surface area contributed by atoms with Gasteiger partial charge in [0.2, 0.25) is 0 Å². The number of Topliss-reactive ketones (excluding diaryl/α,β-unsaturated/α-hetero) is 1. The number of carbonyl (C=O) groups excluding carboxylic acids is 2. The Balaban J connectivity index is 1.97. The van der Waals surface area contributed by atoms with Gasteiger partial charge in [-0.2, -0.15) is 13.2 Å². The Morgan fingerprint density at radius 2 is 1.65 bits per heavy atom. The van der Waals surface area contributed by atoms with Crippen molar-refractivity contribution < 1.29 is 27.9 Å². The van der Waals surface area contributed by atoms with Crippen LogP contribution in [-0.4, -0.2) is 16.8 Å². The first kappa shape index (κ1) is 23.9. The highest BCUT2D eigenvalue weighted by molar-refractivity contribution is 6.51. The monoisotopic (exact) mass is 505 g/mol. The van der Waals surface area contributed by atoms with E-state index in [4.69, 9.17) is 23.2 Å². The Labute approximate surface area is 202 Å². The van der Waals surface area contributed by atoms with E-state index >= 15 is 0 Å². The topological polar surface area (TPSA) is 57.6 Å². The van der Waals surface area contributed by atoms with E-state index in [1.54, 1.807) is 31.2 Å².